The fraction of sp³-hybridized carbons (Fsp3) is 0.333. The highest BCUT2D eigenvalue weighted by molar-refractivity contribution is 6.30. The maximum absolute atomic E-state index is 11.9. The molecule has 0 bridgehead atoms. The lowest BCUT2D eigenvalue weighted by molar-refractivity contribution is -0.118. The number of H-pyrrole nitrogens is 1. The number of aromatic amines is 1. The average Bonchev–Trinajstić information content (AvgIpc) is 2.82. The smallest absolute Gasteiger partial charge is 0.227 e. The van der Waals surface area contributed by atoms with E-state index in [0.29, 0.717) is 5.02 Å². The van der Waals surface area contributed by atoms with Crippen molar-refractivity contribution in [2.75, 3.05) is 5.32 Å². The van der Waals surface area contributed by atoms with E-state index in [1.807, 2.05) is 45.0 Å². The Balaban J connectivity index is 2.41. The number of aryl methyl sites for hydroxylation is 1. The Kier molecular flexibility index (Phi) is 4.45. The summed E-state index contributed by atoms with van der Waals surface area (Å²) < 4.78 is 0. The Morgan fingerprint density at radius 1 is 1.35 bits per heavy atom. The summed E-state index contributed by atoms with van der Waals surface area (Å²) in [6.45, 7) is 5.75. The molecule has 0 atom stereocenters. The topological polar surface area (TPSA) is 57.8 Å². The van der Waals surface area contributed by atoms with Gasteiger partial charge in [0, 0.05) is 16.5 Å². The van der Waals surface area contributed by atoms with Gasteiger partial charge in [-0.1, -0.05) is 44.5 Å². The van der Waals surface area contributed by atoms with Crippen LogP contribution in [0.4, 0.5) is 5.69 Å². The van der Waals surface area contributed by atoms with Crippen molar-refractivity contribution in [1.29, 1.82) is 0 Å². The second-order valence-corrected chi connectivity index (χ2v) is 5.37. The van der Waals surface area contributed by atoms with Crippen molar-refractivity contribution in [2.45, 2.75) is 27.2 Å². The van der Waals surface area contributed by atoms with Crippen LogP contribution in [0.15, 0.2) is 24.3 Å². The van der Waals surface area contributed by atoms with Gasteiger partial charge < -0.3 is 5.32 Å². The monoisotopic (exact) mass is 291 g/mol. The van der Waals surface area contributed by atoms with Crippen LogP contribution in [0.3, 0.4) is 0 Å². The second-order valence-electron chi connectivity index (χ2n) is 4.93. The van der Waals surface area contributed by atoms with Gasteiger partial charge in [0.2, 0.25) is 5.91 Å². The maximum Gasteiger partial charge on any atom is 0.227 e. The third-order valence-corrected chi connectivity index (χ3v) is 3.34. The lowest BCUT2D eigenvalue weighted by atomic mass is 10.1. The van der Waals surface area contributed by atoms with Gasteiger partial charge in [-0.2, -0.15) is 5.10 Å². The molecule has 4 nitrogen and oxygen atoms in total. The number of carbonyl (C=O) groups is 1. The van der Waals surface area contributed by atoms with Crippen LogP contribution in [0.5, 0.6) is 0 Å². The Morgan fingerprint density at radius 2 is 2.00 bits per heavy atom. The van der Waals surface area contributed by atoms with E-state index < -0.39 is 0 Å². The summed E-state index contributed by atoms with van der Waals surface area (Å²) in [4.78, 5) is 11.9. The van der Waals surface area contributed by atoms with Gasteiger partial charge in [0.05, 0.1) is 11.4 Å². The van der Waals surface area contributed by atoms with Gasteiger partial charge >= 0.3 is 0 Å². The SMILES string of the molecule is CCc1[nH]nc(-c2ccc(Cl)cc2)c1NC(=O)C(C)C. The number of nitrogens with zero attached hydrogens (tertiary/aromatic N) is 1. The summed E-state index contributed by atoms with van der Waals surface area (Å²) >= 11 is 5.90. The summed E-state index contributed by atoms with van der Waals surface area (Å²) in [6, 6.07) is 7.41. The molecule has 2 aromatic rings. The number of hydrogen-bond donors (Lipinski definition) is 2. The van der Waals surface area contributed by atoms with Gasteiger partial charge in [0.1, 0.15) is 5.69 Å². The zero-order chi connectivity index (χ0) is 14.7. The fourth-order valence-electron chi connectivity index (χ4n) is 1.85. The van der Waals surface area contributed by atoms with E-state index in [4.69, 9.17) is 11.6 Å². The summed E-state index contributed by atoms with van der Waals surface area (Å²) in [5.41, 5.74) is 3.34. The van der Waals surface area contributed by atoms with Crippen molar-refractivity contribution in [2.24, 2.45) is 5.92 Å². The molecule has 5 heteroatoms. The number of amides is 1. The van der Waals surface area contributed by atoms with Crippen molar-refractivity contribution in [1.82, 2.24) is 10.2 Å². The molecular weight excluding hydrogens is 274 g/mol. The van der Waals surface area contributed by atoms with Crippen LogP contribution >= 0.6 is 11.6 Å². The van der Waals surface area contributed by atoms with E-state index in [0.717, 1.165) is 29.1 Å². The molecule has 1 aromatic heterocycles. The van der Waals surface area contributed by atoms with E-state index in [1.54, 1.807) is 0 Å². The third kappa shape index (κ3) is 3.02. The Labute approximate surface area is 123 Å². The molecule has 0 saturated heterocycles. The van der Waals surface area contributed by atoms with Gasteiger partial charge in [0.15, 0.2) is 0 Å². The molecule has 0 aliphatic heterocycles. The number of carbonyl (C=O) groups excluding carboxylic acids is 1. The van der Waals surface area contributed by atoms with Crippen LogP contribution in [0, 0.1) is 5.92 Å². The molecular formula is C15H18ClN3O. The number of nitrogens with one attached hydrogen (secondary N) is 2. The van der Waals surface area contributed by atoms with Crippen LogP contribution in [-0.4, -0.2) is 16.1 Å². The first-order valence-electron chi connectivity index (χ1n) is 6.67. The predicted octanol–water partition coefficient (Wildman–Crippen LogP) is 3.89. The Morgan fingerprint density at radius 3 is 2.55 bits per heavy atom. The van der Waals surface area contributed by atoms with Crippen LogP contribution < -0.4 is 5.32 Å². The van der Waals surface area contributed by atoms with Gasteiger partial charge in [-0.3, -0.25) is 9.89 Å². The minimum absolute atomic E-state index is 0.0173. The lowest BCUT2D eigenvalue weighted by Crippen LogP contribution is -2.18. The van der Waals surface area contributed by atoms with Crippen molar-refractivity contribution in [3.05, 3.63) is 35.0 Å². The quantitative estimate of drug-likeness (QED) is 0.898. The summed E-state index contributed by atoms with van der Waals surface area (Å²) in [5.74, 6) is -0.0935. The van der Waals surface area contributed by atoms with Crippen LogP contribution in [0.25, 0.3) is 11.3 Å². The van der Waals surface area contributed by atoms with Crippen molar-refractivity contribution >= 4 is 23.2 Å². The minimum atomic E-state index is -0.0762. The van der Waals surface area contributed by atoms with Crippen LogP contribution in [0.1, 0.15) is 26.5 Å². The van der Waals surface area contributed by atoms with Crippen molar-refractivity contribution in [3.8, 4) is 11.3 Å². The summed E-state index contributed by atoms with van der Waals surface area (Å²) in [5, 5.41) is 10.9. The molecule has 0 unspecified atom stereocenters. The first kappa shape index (κ1) is 14.6. The number of rotatable bonds is 4. The van der Waals surface area contributed by atoms with E-state index in [9.17, 15) is 4.79 Å². The van der Waals surface area contributed by atoms with Gasteiger partial charge in [-0.15, -0.1) is 0 Å². The largest absolute Gasteiger partial charge is 0.322 e. The molecule has 20 heavy (non-hydrogen) atoms. The highest BCUT2D eigenvalue weighted by Crippen LogP contribution is 2.30. The third-order valence-electron chi connectivity index (χ3n) is 3.09. The summed E-state index contributed by atoms with van der Waals surface area (Å²) in [7, 11) is 0. The fourth-order valence-corrected chi connectivity index (χ4v) is 1.98. The standard InChI is InChI=1S/C15H18ClN3O/c1-4-12-14(17-15(20)9(2)3)13(19-18-12)10-5-7-11(16)8-6-10/h5-9H,4H2,1-3H3,(H,17,20)(H,18,19). The molecule has 106 valence electrons. The number of anilines is 1. The number of benzene rings is 1. The van der Waals surface area contributed by atoms with Crippen LogP contribution in [-0.2, 0) is 11.2 Å². The minimum Gasteiger partial charge on any atom is -0.322 e. The van der Waals surface area contributed by atoms with Gasteiger partial charge in [0.25, 0.3) is 0 Å². The lowest BCUT2D eigenvalue weighted by Gasteiger charge is -2.09. The van der Waals surface area contributed by atoms with Crippen LogP contribution in [0.2, 0.25) is 5.02 Å². The van der Waals surface area contributed by atoms with Crippen molar-refractivity contribution in [3.63, 3.8) is 0 Å². The normalized spacial score (nSPS) is 10.8. The summed E-state index contributed by atoms with van der Waals surface area (Å²) in [6.07, 6.45) is 0.772. The highest BCUT2D eigenvalue weighted by atomic mass is 35.5. The first-order valence-corrected chi connectivity index (χ1v) is 7.04. The van der Waals surface area contributed by atoms with Crippen molar-refractivity contribution < 1.29 is 4.79 Å². The zero-order valence-corrected chi connectivity index (χ0v) is 12.6. The molecule has 0 radical (unpaired) electrons. The first-order chi connectivity index (χ1) is 9.52. The predicted molar refractivity (Wildman–Crippen MR) is 81.9 cm³/mol. The van der Waals surface area contributed by atoms with E-state index in [2.05, 4.69) is 15.5 Å². The molecule has 0 saturated carbocycles. The van der Waals surface area contributed by atoms with E-state index >= 15 is 0 Å². The van der Waals surface area contributed by atoms with Gasteiger partial charge in [-0.25, -0.2) is 0 Å². The number of aromatic nitrogens is 2. The zero-order valence-electron chi connectivity index (χ0n) is 11.8. The highest BCUT2D eigenvalue weighted by Gasteiger charge is 2.17. The second kappa shape index (κ2) is 6.09. The number of hydrogen-bond acceptors (Lipinski definition) is 2. The number of halogens is 1. The van der Waals surface area contributed by atoms with E-state index in [-0.39, 0.29) is 11.8 Å². The molecule has 1 aromatic carbocycles. The van der Waals surface area contributed by atoms with Gasteiger partial charge in [-0.05, 0) is 18.6 Å². The molecule has 2 N–H and O–H groups in total. The molecule has 0 spiro atoms. The van der Waals surface area contributed by atoms with E-state index in [1.165, 1.54) is 0 Å². The molecule has 0 fully saturated rings. The molecule has 2 rings (SSSR count). The Bertz CT molecular complexity index is 602. The Hall–Kier alpha value is -1.81. The molecule has 1 amide bonds. The average molecular weight is 292 g/mol. The maximum atomic E-state index is 11.9. The molecule has 1 heterocycles. The molecule has 0 aliphatic carbocycles. The molecule has 0 aliphatic rings.